The number of anilines is 1. The van der Waals surface area contributed by atoms with Crippen LogP contribution in [0.25, 0.3) is 11.2 Å². The van der Waals surface area contributed by atoms with Crippen LogP contribution in [-0.4, -0.2) is 73.2 Å². The minimum atomic E-state index is -1.08. The van der Waals surface area contributed by atoms with Crippen molar-refractivity contribution in [1.82, 2.24) is 19.9 Å². The molecular formula is C42H55N7O2+2. The number of hydrogen-bond acceptors (Lipinski definition) is 6. The summed E-state index contributed by atoms with van der Waals surface area (Å²) in [4.78, 5) is 18.6. The first-order chi connectivity index (χ1) is 24.0. The zero-order chi connectivity index (χ0) is 36.1. The highest BCUT2D eigenvalue weighted by Gasteiger charge is 2.76. The topological polar surface area (TPSA) is 82.2 Å². The fraction of sp³-hybridized carbons (Fsp3) is 0.548. The van der Waals surface area contributed by atoms with Crippen molar-refractivity contribution >= 4 is 29.4 Å². The molecule has 1 saturated carbocycles. The zero-order valence-corrected chi connectivity index (χ0v) is 32.2. The second kappa shape index (κ2) is 11.6. The maximum absolute atomic E-state index is 7.47. The third-order valence-electron chi connectivity index (χ3n) is 11.4. The van der Waals surface area contributed by atoms with Gasteiger partial charge in [-0.25, -0.2) is 15.0 Å². The number of aromatic amines is 1. The molecule has 8 rings (SSSR count). The summed E-state index contributed by atoms with van der Waals surface area (Å²) in [6.45, 7) is 21.5. The SMILES string of the molecule is CN(CCCc1cc(C(C)(C)C)cc2c1OC13Oc4c(cc(C(C)(C)C)cc4C(C)(C)C)C=[N+]1C1CCCCC1[N+]3=C2)c1ncnc2nc[nH]c12. The van der Waals surface area contributed by atoms with Crippen LogP contribution in [0.15, 0.2) is 36.9 Å². The Labute approximate surface area is 302 Å². The van der Waals surface area contributed by atoms with Crippen LogP contribution in [0, 0.1) is 0 Å². The quantitative estimate of drug-likeness (QED) is 0.218. The molecule has 4 aliphatic rings. The first-order valence-electron chi connectivity index (χ1n) is 18.9. The molecule has 0 bridgehead atoms. The van der Waals surface area contributed by atoms with Crippen molar-refractivity contribution in [3.63, 3.8) is 0 Å². The van der Waals surface area contributed by atoms with E-state index in [0.29, 0.717) is 17.7 Å². The number of aryl methyl sites for hydroxylation is 1. The van der Waals surface area contributed by atoms with Crippen molar-refractivity contribution in [3.05, 3.63) is 70.3 Å². The Balaban J connectivity index is 1.22. The molecule has 3 atom stereocenters. The molecule has 1 spiro atoms. The van der Waals surface area contributed by atoms with Gasteiger partial charge in [0.05, 0.1) is 17.5 Å². The maximum Gasteiger partial charge on any atom is 0.704 e. The molecule has 4 aromatic rings. The zero-order valence-electron chi connectivity index (χ0n) is 32.2. The number of benzene rings is 2. The van der Waals surface area contributed by atoms with Crippen LogP contribution in [0.2, 0.25) is 0 Å². The summed E-state index contributed by atoms with van der Waals surface area (Å²) < 4.78 is 19.8. The first-order valence-corrected chi connectivity index (χ1v) is 18.9. The number of H-pyrrole nitrogens is 1. The van der Waals surface area contributed by atoms with Crippen LogP contribution < -0.4 is 14.4 Å². The molecule has 268 valence electrons. The second-order valence-electron chi connectivity index (χ2n) is 18.3. The number of nitrogens with zero attached hydrogens (tertiary/aromatic N) is 6. The molecule has 3 unspecified atom stereocenters. The largest absolute Gasteiger partial charge is 0.704 e. The van der Waals surface area contributed by atoms with Gasteiger partial charge in [0, 0.05) is 32.0 Å². The van der Waals surface area contributed by atoms with Gasteiger partial charge in [0.1, 0.15) is 11.8 Å². The van der Waals surface area contributed by atoms with Crippen LogP contribution in [0.5, 0.6) is 11.5 Å². The van der Waals surface area contributed by atoms with Crippen LogP contribution in [-0.2, 0) is 22.7 Å². The lowest BCUT2D eigenvalue weighted by molar-refractivity contribution is -0.866. The van der Waals surface area contributed by atoms with E-state index in [2.05, 4.69) is 140 Å². The standard InChI is InChI=1S/C42H55N7O2/c1-39(2,3)29-18-26(14-13-17-47(10)38-34-37(44-24-43-34)45-25-46-38)35-27(19-29)22-48-32-15-11-12-16-33(32)49-23-28-20-30(40(4,5)6)21-31(41(7,8)9)36(28)51-42(48,49)50-35/h18-25,32-33H,11-17H2,1-10H3,(H,43,44,45,46)/q+2. The number of rotatable bonds is 5. The van der Waals surface area contributed by atoms with Crippen molar-refractivity contribution < 1.29 is 18.6 Å². The highest BCUT2D eigenvalue weighted by atomic mass is 16.7. The average molecular weight is 690 g/mol. The molecule has 2 aromatic carbocycles. The molecule has 1 saturated heterocycles. The molecular weight excluding hydrogens is 635 g/mol. The summed E-state index contributed by atoms with van der Waals surface area (Å²) in [6.07, 6.45) is 14.5. The van der Waals surface area contributed by atoms with Crippen LogP contribution in [0.1, 0.15) is 128 Å². The van der Waals surface area contributed by atoms with E-state index in [1.165, 1.54) is 35.1 Å². The van der Waals surface area contributed by atoms with Crippen molar-refractivity contribution in [1.29, 1.82) is 0 Å². The van der Waals surface area contributed by atoms with Crippen LogP contribution in [0.3, 0.4) is 0 Å². The highest BCUT2D eigenvalue weighted by molar-refractivity contribution is 5.85. The van der Waals surface area contributed by atoms with Gasteiger partial charge in [-0.05, 0) is 70.8 Å². The van der Waals surface area contributed by atoms with Crippen molar-refractivity contribution in [2.75, 3.05) is 18.5 Å². The number of hydrogen-bond donors (Lipinski definition) is 1. The Hall–Kier alpha value is -4.27. The lowest BCUT2D eigenvalue weighted by Gasteiger charge is -2.33. The number of ether oxygens (including phenoxy) is 2. The summed E-state index contributed by atoms with van der Waals surface area (Å²) in [6, 6.07) is 8.98. The predicted octanol–water partition coefficient (Wildman–Crippen LogP) is 7.60. The molecule has 51 heavy (non-hydrogen) atoms. The summed E-state index contributed by atoms with van der Waals surface area (Å²) in [5.41, 5.74) is 8.82. The van der Waals surface area contributed by atoms with E-state index in [-0.39, 0.29) is 16.2 Å². The van der Waals surface area contributed by atoms with Crippen molar-refractivity contribution in [3.8, 4) is 11.5 Å². The van der Waals surface area contributed by atoms with Crippen molar-refractivity contribution in [2.24, 2.45) is 0 Å². The fourth-order valence-corrected chi connectivity index (χ4v) is 8.50. The summed E-state index contributed by atoms with van der Waals surface area (Å²) in [7, 11) is 2.09. The Morgan fingerprint density at radius 3 is 2.02 bits per heavy atom. The van der Waals surface area contributed by atoms with E-state index in [9.17, 15) is 0 Å². The minimum Gasteiger partial charge on any atom is -0.358 e. The normalized spacial score (nSPS) is 22.5. The van der Waals surface area contributed by atoms with Gasteiger partial charge >= 0.3 is 6.03 Å². The molecule has 5 heterocycles. The maximum atomic E-state index is 7.47. The highest BCUT2D eigenvalue weighted by Crippen LogP contribution is 2.49. The lowest BCUT2D eigenvalue weighted by Crippen LogP contribution is -2.60. The van der Waals surface area contributed by atoms with E-state index in [1.54, 1.807) is 12.7 Å². The van der Waals surface area contributed by atoms with Crippen LogP contribution in [0.4, 0.5) is 5.82 Å². The summed E-state index contributed by atoms with van der Waals surface area (Å²) in [5.74, 6) is 2.74. The van der Waals surface area contributed by atoms with Crippen LogP contribution >= 0.6 is 0 Å². The lowest BCUT2D eigenvalue weighted by atomic mass is 9.79. The monoisotopic (exact) mass is 689 g/mol. The smallest absolute Gasteiger partial charge is 0.358 e. The van der Waals surface area contributed by atoms with E-state index >= 15 is 0 Å². The van der Waals surface area contributed by atoms with Crippen molar-refractivity contribution in [2.45, 2.75) is 135 Å². The van der Waals surface area contributed by atoms with Gasteiger partial charge in [-0.3, -0.25) is 0 Å². The number of fused-ring (bicyclic) bond motifs is 6. The van der Waals surface area contributed by atoms with Gasteiger partial charge in [0.25, 0.3) is 0 Å². The van der Waals surface area contributed by atoms with Gasteiger partial charge < -0.3 is 19.4 Å². The molecule has 0 radical (unpaired) electrons. The van der Waals surface area contributed by atoms with E-state index in [4.69, 9.17) is 9.47 Å². The second-order valence-corrected chi connectivity index (χ2v) is 18.3. The minimum absolute atomic E-state index is 0.0123. The molecule has 1 aliphatic carbocycles. The van der Waals surface area contributed by atoms with Gasteiger partial charge in [-0.1, -0.05) is 83.6 Å². The first kappa shape index (κ1) is 33.9. The number of nitrogens with one attached hydrogen (secondary N) is 1. The Kier molecular flexibility index (Phi) is 7.71. The van der Waals surface area contributed by atoms with Gasteiger partial charge in [0.2, 0.25) is 12.1 Å². The number of aromatic nitrogens is 4. The third-order valence-corrected chi connectivity index (χ3v) is 11.4. The molecule has 2 aromatic heterocycles. The summed E-state index contributed by atoms with van der Waals surface area (Å²) in [5, 5.41) is 0. The summed E-state index contributed by atoms with van der Waals surface area (Å²) >= 11 is 0. The molecule has 3 aliphatic heterocycles. The Morgan fingerprint density at radius 1 is 0.784 bits per heavy atom. The van der Waals surface area contributed by atoms with E-state index < -0.39 is 6.03 Å². The predicted molar refractivity (Wildman–Crippen MR) is 203 cm³/mol. The van der Waals surface area contributed by atoms with Gasteiger partial charge in [-0.15, -0.1) is 0 Å². The third kappa shape index (κ3) is 5.62. The van der Waals surface area contributed by atoms with E-state index in [1.807, 2.05) is 0 Å². The molecule has 1 N–H and O–H groups in total. The molecule has 0 amide bonds. The molecule has 9 nitrogen and oxygen atoms in total. The molecule has 9 heteroatoms. The Morgan fingerprint density at radius 2 is 1.39 bits per heavy atom. The van der Waals surface area contributed by atoms with Gasteiger partial charge in [0.15, 0.2) is 35.4 Å². The average Bonchev–Trinajstić information content (AvgIpc) is 3.65. The van der Waals surface area contributed by atoms with Gasteiger partial charge in [-0.2, -0.15) is 0 Å². The Bertz CT molecular complexity index is 2090. The molecule has 2 fully saturated rings. The number of imidazole rings is 1. The fourth-order valence-electron chi connectivity index (χ4n) is 8.50. The van der Waals surface area contributed by atoms with E-state index in [0.717, 1.165) is 66.2 Å².